The van der Waals surface area contributed by atoms with Gasteiger partial charge in [0.15, 0.2) is 0 Å². The monoisotopic (exact) mass is 401 g/mol. The molecule has 2 amide bonds. The van der Waals surface area contributed by atoms with Crippen LogP contribution in [0.15, 0.2) is 59.1 Å². The molecule has 0 atom stereocenters. The molecule has 0 saturated heterocycles. The molecule has 2 aromatic carbocycles. The van der Waals surface area contributed by atoms with Crippen LogP contribution in [0.4, 0.5) is 17.1 Å². The summed E-state index contributed by atoms with van der Waals surface area (Å²) < 4.78 is 0. The molecule has 2 aromatic rings. The lowest BCUT2D eigenvalue weighted by Gasteiger charge is -2.13. The minimum absolute atomic E-state index is 0.0442. The number of amides is 2. The molecule has 3 N–H and O–H groups in total. The molecular formula is C23H23N5O2. The second kappa shape index (κ2) is 10.0. The topological polar surface area (TPSA) is 106 Å². The predicted octanol–water partition coefficient (Wildman–Crippen LogP) is 3.78. The van der Waals surface area contributed by atoms with Gasteiger partial charge in [0, 0.05) is 29.8 Å². The van der Waals surface area contributed by atoms with Gasteiger partial charge in [-0.25, -0.2) is 0 Å². The fourth-order valence-electron chi connectivity index (χ4n) is 3.17. The molecule has 3 rings (SSSR count). The number of benzene rings is 2. The number of nitriles is 1. The van der Waals surface area contributed by atoms with Gasteiger partial charge in [-0.3, -0.25) is 14.6 Å². The first-order valence-electron chi connectivity index (χ1n) is 9.73. The van der Waals surface area contributed by atoms with E-state index in [0.29, 0.717) is 29.9 Å². The highest BCUT2D eigenvalue weighted by atomic mass is 16.2. The van der Waals surface area contributed by atoms with Gasteiger partial charge in [0.2, 0.25) is 5.91 Å². The van der Waals surface area contributed by atoms with Crippen molar-refractivity contribution in [3.05, 3.63) is 65.2 Å². The largest absolute Gasteiger partial charge is 0.380 e. The summed E-state index contributed by atoms with van der Waals surface area (Å²) in [5, 5.41) is 17.6. The minimum Gasteiger partial charge on any atom is -0.380 e. The number of rotatable bonds is 8. The zero-order valence-electron chi connectivity index (χ0n) is 16.7. The summed E-state index contributed by atoms with van der Waals surface area (Å²) in [5.74, 6) is -0.285. The first-order chi connectivity index (χ1) is 14.6. The number of anilines is 3. The fraction of sp³-hybridized carbons (Fsp3) is 0.217. The number of para-hydroxylation sites is 1. The van der Waals surface area contributed by atoms with Gasteiger partial charge in [-0.05, 0) is 47.9 Å². The molecule has 0 radical (unpaired) electrons. The van der Waals surface area contributed by atoms with Crippen molar-refractivity contribution in [1.29, 1.82) is 5.26 Å². The predicted molar refractivity (Wildman–Crippen MR) is 119 cm³/mol. The molecule has 1 heterocycles. The van der Waals surface area contributed by atoms with Crippen molar-refractivity contribution in [1.82, 2.24) is 0 Å². The molecule has 152 valence electrons. The Morgan fingerprint density at radius 1 is 1.30 bits per heavy atom. The number of allylic oxidation sites excluding steroid dienone is 1. The SMILES string of the molecule is CC/C=C(\C=NCC#N)CNc1ccccc1C(=O)Nc1ccc2c(c1)CC(=O)N2. The van der Waals surface area contributed by atoms with Crippen LogP contribution < -0.4 is 16.0 Å². The Morgan fingerprint density at radius 2 is 2.13 bits per heavy atom. The van der Waals surface area contributed by atoms with Crippen molar-refractivity contribution < 1.29 is 9.59 Å². The van der Waals surface area contributed by atoms with E-state index in [1.807, 2.05) is 43.3 Å². The first kappa shape index (κ1) is 20.8. The molecule has 0 spiro atoms. The Morgan fingerprint density at radius 3 is 2.93 bits per heavy atom. The molecule has 0 saturated carbocycles. The molecule has 30 heavy (non-hydrogen) atoms. The smallest absolute Gasteiger partial charge is 0.257 e. The molecular weight excluding hydrogens is 378 g/mol. The van der Waals surface area contributed by atoms with Crippen LogP contribution in [0.5, 0.6) is 0 Å². The number of hydrogen-bond donors (Lipinski definition) is 3. The third kappa shape index (κ3) is 5.32. The van der Waals surface area contributed by atoms with Crippen LogP contribution in [0.25, 0.3) is 0 Å². The minimum atomic E-state index is -0.241. The lowest BCUT2D eigenvalue weighted by atomic mass is 10.1. The van der Waals surface area contributed by atoms with Crippen LogP contribution in [0, 0.1) is 11.3 Å². The highest BCUT2D eigenvalue weighted by Crippen LogP contribution is 2.26. The van der Waals surface area contributed by atoms with Gasteiger partial charge < -0.3 is 16.0 Å². The second-order valence-corrected chi connectivity index (χ2v) is 6.77. The Kier molecular flexibility index (Phi) is 6.95. The van der Waals surface area contributed by atoms with Gasteiger partial charge in [-0.2, -0.15) is 5.26 Å². The summed E-state index contributed by atoms with van der Waals surface area (Å²) >= 11 is 0. The van der Waals surface area contributed by atoms with Crippen LogP contribution in [-0.2, 0) is 11.2 Å². The van der Waals surface area contributed by atoms with Crippen LogP contribution in [-0.4, -0.2) is 31.1 Å². The van der Waals surface area contributed by atoms with Crippen molar-refractivity contribution in [2.75, 3.05) is 29.0 Å². The van der Waals surface area contributed by atoms with E-state index >= 15 is 0 Å². The molecule has 7 nitrogen and oxygen atoms in total. The number of nitrogens with zero attached hydrogens (tertiary/aromatic N) is 2. The molecule has 0 bridgehead atoms. The quantitative estimate of drug-likeness (QED) is 0.462. The normalized spacial score (nSPS) is 12.9. The zero-order valence-corrected chi connectivity index (χ0v) is 16.7. The summed E-state index contributed by atoms with van der Waals surface area (Å²) in [4.78, 5) is 28.5. The number of hydrogen-bond acceptors (Lipinski definition) is 5. The molecule has 0 unspecified atom stereocenters. The summed E-state index contributed by atoms with van der Waals surface area (Å²) in [6.45, 7) is 2.63. The number of carbonyl (C=O) groups is 2. The van der Waals surface area contributed by atoms with E-state index < -0.39 is 0 Å². The number of carbonyl (C=O) groups excluding carboxylic acids is 2. The Balaban J connectivity index is 1.71. The molecule has 7 heteroatoms. The van der Waals surface area contributed by atoms with Crippen molar-refractivity contribution >= 4 is 35.1 Å². The van der Waals surface area contributed by atoms with Gasteiger partial charge in [-0.1, -0.05) is 25.1 Å². The zero-order chi connectivity index (χ0) is 21.3. The van der Waals surface area contributed by atoms with E-state index in [9.17, 15) is 9.59 Å². The standard InChI is InChI=1S/C23H23N5O2/c1-2-5-16(14-25-11-10-24)15-26-21-7-4-3-6-19(21)23(30)27-18-8-9-20-17(12-18)13-22(29)28-20/h3-9,12,14,26H,2,11,13,15H2,1H3,(H,27,30)(H,28,29)/b16-5+,25-14?. The number of fused-ring (bicyclic) bond motifs is 1. The average molecular weight is 401 g/mol. The summed E-state index contributed by atoms with van der Waals surface area (Å²) in [7, 11) is 0. The van der Waals surface area contributed by atoms with E-state index in [0.717, 1.165) is 23.2 Å². The van der Waals surface area contributed by atoms with Crippen molar-refractivity contribution in [3.63, 3.8) is 0 Å². The summed E-state index contributed by atoms with van der Waals surface area (Å²) in [5.41, 5.74) is 4.45. The van der Waals surface area contributed by atoms with E-state index in [1.54, 1.807) is 24.4 Å². The van der Waals surface area contributed by atoms with Gasteiger partial charge >= 0.3 is 0 Å². The van der Waals surface area contributed by atoms with Crippen molar-refractivity contribution in [2.24, 2.45) is 4.99 Å². The van der Waals surface area contributed by atoms with E-state index in [2.05, 4.69) is 20.9 Å². The lowest BCUT2D eigenvalue weighted by Crippen LogP contribution is -2.16. The highest BCUT2D eigenvalue weighted by Gasteiger charge is 2.18. The Bertz CT molecular complexity index is 1050. The summed E-state index contributed by atoms with van der Waals surface area (Å²) in [6.07, 6.45) is 4.86. The number of nitrogens with one attached hydrogen (secondary N) is 3. The van der Waals surface area contributed by atoms with Gasteiger partial charge in [0.1, 0.15) is 6.54 Å². The Labute approximate surface area is 175 Å². The molecule has 0 fully saturated rings. The molecule has 0 aromatic heterocycles. The van der Waals surface area contributed by atoms with Crippen molar-refractivity contribution in [2.45, 2.75) is 19.8 Å². The van der Waals surface area contributed by atoms with Crippen LogP contribution >= 0.6 is 0 Å². The van der Waals surface area contributed by atoms with Gasteiger partial charge in [0.05, 0.1) is 18.1 Å². The average Bonchev–Trinajstić information content (AvgIpc) is 3.11. The van der Waals surface area contributed by atoms with Crippen molar-refractivity contribution in [3.8, 4) is 6.07 Å². The van der Waals surface area contributed by atoms with Gasteiger partial charge in [0.25, 0.3) is 5.91 Å². The third-order valence-corrected chi connectivity index (χ3v) is 4.53. The van der Waals surface area contributed by atoms with E-state index in [1.165, 1.54) is 0 Å². The first-order valence-corrected chi connectivity index (χ1v) is 9.73. The molecule has 0 aliphatic carbocycles. The third-order valence-electron chi connectivity index (χ3n) is 4.53. The highest BCUT2D eigenvalue weighted by molar-refractivity contribution is 6.08. The summed E-state index contributed by atoms with van der Waals surface area (Å²) in [6, 6.07) is 14.6. The lowest BCUT2D eigenvalue weighted by molar-refractivity contribution is -0.115. The number of aliphatic imine (C=N–C) groups is 1. The van der Waals surface area contributed by atoms with Crippen LogP contribution in [0.2, 0.25) is 0 Å². The second-order valence-electron chi connectivity index (χ2n) is 6.77. The fourth-order valence-corrected chi connectivity index (χ4v) is 3.17. The van der Waals surface area contributed by atoms with Gasteiger partial charge in [-0.15, -0.1) is 0 Å². The van der Waals surface area contributed by atoms with E-state index in [-0.39, 0.29) is 18.4 Å². The molecule has 1 aliphatic rings. The maximum Gasteiger partial charge on any atom is 0.257 e. The van der Waals surface area contributed by atoms with Crippen LogP contribution in [0.3, 0.4) is 0 Å². The van der Waals surface area contributed by atoms with E-state index in [4.69, 9.17) is 5.26 Å². The maximum absolute atomic E-state index is 12.9. The molecule has 1 aliphatic heterocycles. The van der Waals surface area contributed by atoms with Crippen LogP contribution in [0.1, 0.15) is 29.3 Å². The maximum atomic E-state index is 12.9. The Hall–Kier alpha value is -3.92.